The predicted octanol–water partition coefficient (Wildman–Crippen LogP) is 1.13. The fourth-order valence-corrected chi connectivity index (χ4v) is 3.27. The molecule has 0 aromatic carbocycles. The number of nitrogen functional groups attached to an aromatic ring is 1. The lowest BCUT2D eigenvalue weighted by molar-refractivity contribution is -0.118. The first kappa shape index (κ1) is 18.7. The molecule has 29 heavy (non-hydrogen) atoms. The lowest BCUT2D eigenvalue weighted by Crippen LogP contribution is -2.44. The van der Waals surface area contributed by atoms with Crippen LogP contribution in [0, 0.1) is 0 Å². The number of rotatable bonds is 5. The van der Waals surface area contributed by atoms with E-state index in [0.717, 1.165) is 4.57 Å². The van der Waals surface area contributed by atoms with Crippen LogP contribution < -0.4 is 22.3 Å². The van der Waals surface area contributed by atoms with Gasteiger partial charge in [-0.1, -0.05) is 0 Å². The van der Waals surface area contributed by atoms with Crippen molar-refractivity contribution in [1.29, 1.82) is 0 Å². The molecule has 1 aliphatic rings. The molecule has 3 heterocycles. The molecule has 1 saturated carbocycles. The van der Waals surface area contributed by atoms with Crippen molar-refractivity contribution in [2.24, 2.45) is 5.73 Å². The minimum Gasteiger partial charge on any atom is -0.368 e. The number of hydrogen-bond donors (Lipinski definition) is 3. The maximum Gasteiger partial charge on any atom is 0.262 e. The molecule has 0 aliphatic heterocycles. The van der Waals surface area contributed by atoms with Gasteiger partial charge >= 0.3 is 0 Å². The van der Waals surface area contributed by atoms with Gasteiger partial charge in [-0.15, -0.1) is 0 Å². The summed E-state index contributed by atoms with van der Waals surface area (Å²) in [6, 6.07) is 2.76. The van der Waals surface area contributed by atoms with E-state index in [9.17, 15) is 18.4 Å². The standard InChI is InChI=1S/C18H17F2N7O2/c19-18(20)4-11(5-18)25-15-14-9(1-2-27(16(14)29)8-13(21)28)3-12(26-15)10-6-23-17(22)24-7-10/h1-3,6-7,11H,4-5,8H2,(H2,21,28)(H,25,26)(H2,22,23,24). The van der Waals surface area contributed by atoms with Crippen molar-refractivity contribution < 1.29 is 13.6 Å². The predicted molar refractivity (Wildman–Crippen MR) is 102 cm³/mol. The second kappa shape index (κ2) is 6.76. The molecule has 0 atom stereocenters. The Morgan fingerprint density at radius 2 is 2.00 bits per heavy atom. The number of halogens is 2. The van der Waals surface area contributed by atoms with Crippen LogP contribution in [0.3, 0.4) is 0 Å². The molecular formula is C18H17F2N7O2. The number of amides is 1. The van der Waals surface area contributed by atoms with Crippen LogP contribution in [0.2, 0.25) is 0 Å². The molecule has 1 fully saturated rings. The maximum atomic E-state index is 13.3. The quantitative estimate of drug-likeness (QED) is 0.582. The van der Waals surface area contributed by atoms with Gasteiger partial charge in [0.1, 0.15) is 12.4 Å². The van der Waals surface area contributed by atoms with Gasteiger partial charge in [0.05, 0.1) is 11.1 Å². The number of pyridine rings is 2. The first-order valence-corrected chi connectivity index (χ1v) is 8.76. The van der Waals surface area contributed by atoms with Crippen molar-refractivity contribution in [3.8, 4) is 11.3 Å². The Hall–Kier alpha value is -3.63. The molecule has 0 bridgehead atoms. The zero-order valence-electron chi connectivity index (χ0n) is 15.1. The molecule has 0 radical (unpaired) electrons. The Kier molecular flexibility index (Phi) is 4.36. The third-order valence-electron chi connectivity index (χ3n) is 4.68. The number of alkyl halides is 2. The summed E-state index contributed by atoms with van der Waals surface area (Å²) < 4.78 is 27.7. The van der Waals surface area contributed by atoms with Gasteiger partial charge in [0.15, 0.2) is 0 Å². The SMILES string of the molecule is NC(=O)Cn1ccc2cc(-c3cnc(N)nc3)nc(NC3CC(F)(F)C3)c2c1=O. The van der Waals surface area contributed by atoms with Gasteiger partial charge in [-0.2, -0.15) is 0 Å². The molecular weight excluding hydrogens is 384 g/mol. The van der Waals surface area contributed by atoms with Gasteiger partial charge in [0.2, 0.25) is 11.9 Å². The van der Waals surface area contributed by atoms with Gasteiger partial charge in [0.25, 0.3) is 11.5 Å². The second-order valence-corrected chi connectivity index (χ2v) is 6.97. The summed E-state index contributed by atoms with van der Waals surface area (Å²) in [5, 5.41) is 3.64. The van der Waals surface area contributed by atoms with E-state index in [1.807, 2.05) is 0 Å². The van der Waals surface area contributed by atoms with E-state index in [4.69, 9.17) is 11.5 Å². The first-order chi connectivity index (χ1) is 13.7. The lowest BCUT2D eigenvalue weighted by Gasteiger charge is -2.35. The van der Waals surface area contributed by atoms with Crippen LogP contribution in [0.15, 0.2) is 35.5 Å². The van der Waals surface area contributed by atoms with E-state index < -0.39 is 23.4 Å². The molecule has 3 aromatic rings. The van der Waals surface area contributed by atoms with Crippen molar-refractivity contribution in [3.63, 3.8) is 0 Å². The topological polar surface area (TPSA) is 142 Å². The molecule has 0 unspecified atom stereocenters. The second-order valence-electron chi connectivity index (χ2n) is 6.97. The third-order valence-corrected chi connectivity index (χ3v) is 4.68. The molecule has 5 N–H and O–H groups in total. The molecule has 1 aliphatic carbocycles. The van der Waals surface area contributed by atoms with Crippen molar-refractivity contribution in [3.05, 3.63) is 41.1 Å². The zero-order chi connectivity index (χ0) is 20.8. The highest BCUT2D eigenvalue weighted by molar-refractivity contribution is 5.94. The van der Waals surface area contributed by atoms with Gasteiger partial charge in [-0.25, -0.2) is 23.7 Å². The first-order valence-electron chi connectivity index (χ1n) is 8.76. The van der Waals surface area contributed by atoms with Crippen LogP contribution in [-0.2, 0) is 11.3 Å². The Labute approximate surface area is 162 Å². The third kappa shape index (κ3) is 3.71. The molecule has 0 saturated heterocycles. The number of carbonyl (C=O) groups is 1. The highest BCUT2D eigenvalue weighted by atomic mass is 19.3. The normalized spacial score (nSPS) is 15.8. The van der Waals surface area contributed by atoms with Crippen LogP contribution in [0.25, 0.3) is 22.0 Å². The monoisotopic (exact) mass is 401 g/mol. The molecule has 4 rings (SSSR count). The molecule has 1 amide bonds. The maximum absolute atomic E-state index is 13.3. The Balaban J connectivity index is 1.84. The number of anilines is 2. The summed E-state index contributed by atoms with van der Waals surface area (Å²) in [6.45, 7) is -0.302. The van der Waals surface area contributed by atoms with E-state index in [2.05, 4.69) is 20.3 Å². The highest BCUT2D eigenvalue weighted by Crippen LogP contribution is 2.39. The molecule has 3 aromatic heterocycles. The highest BCUT2D eigenvalue weighted by Gasteiger charge is 2.45. The largest absolute Gasteiger partial charge is 0.368 e. The molecule has 150 valence electrons. The molecule has 11 heteroatoms. The molecule has 0 spiro atoms. The Morgan fingerprint density at radius 1 is 1.31 bits per heavy atom. The van der Waals surface area contributed by atoms with Crippen LogP contribution in [0.1, 0.15) is 12.8 Å². The van der Waals surface area contributed by atoms with Crippen molar-refractivity contribution in [2.45, 2.75) is 31.4 Å². The summed E-state index contributed by atoms with van der Waals surface area (Å²) in [7, 11) is 0. The van der Waals surface area contributed by atoms with Gasteiger partial charge in [-0.05, 0) is 17.5 Å². The minimum absolute atomic E-state index is 0.0962. The number of fused-ring (bicyclic) bond motifs is 1. The van der Waals surface area contributed by atoms with Gasteiger partial charge in [0, 0.05) is 43.0 Å². The van der Waals surface area contributed by atoms with Gasteiger partial charge < -0.3 is 21.4 Å². The number of primary amides is 1. The van der Waals surface area contributed by atoms with Crippen LogP contribution in [0.5, 0.6) is 0 Å². The van der Waals surface area contributed by atoms with E-state index >= 15 is 0 Å². The van der Waals surface area contributed by atoms with E-state index in [1.165, 1.54) is 18.6 Å². The van der Waals surface area contributed by atoms with Crippen molar-refractivity contribution >= 4 is 28.4 Å². The smallest absolute Gasteiger partial charge is 0.262 e. The number of aromatic nitrogens is 4. The number of nitrogens with two attached hydrogens (primary N) is 2. The lowest BCUT2D eigenvalue weighted by atomic mass is 9.88. The van der Waals surface area contributed by atoms with E-state index in [-0.39, 0.29) is 36.5 Å². The number of nitrogens with one attached hydrogen (secondary N) is 1. The fourth-order valence-electron chi connectivity index (χ4n) is 3.27. The number of carbonyl (C=O) groups excluding carboxylic acids is 1. The van der Waals surface area contributed by atoms with Crippen LogP contribution in [0.4, 0.5) is 20.5 Å². The molecule has 9 nitrogen and oxygen atoms in total. The minimum atomic E-state index is -2.73. The van der Waals surface area contributed by atoms with Crippen molar-refractivity contribution in [2.75, 3.05) is 11.1 Å². The summed E-state index contributed by atoms with van der Waals surface area (Å²) in [5.74, 6) is -3.16. The Bertz CT molecular complexity index is 1150. The average molecular weight is 401 g/mol. The van der Waals surface area contributed by atoms with Crippen LogP contribution >= 0.6 is 0 Å². The summed E-state index contributed by atoms with van der Waals surface area (Å²) in [5.41, 5.74) is 11.2. The van der Waals surface area contributed by atoms with Gasteiger partial charge in [-0.3, -0.25) is 9.59 Å². The number of hydrogen-bond acceptors (Lipinski definition) is 7. The zero-order valence-corrected chi connectivity index (χ0v) is 15.1. The number of nitrogens with zero attached hydrogens (tertiary/aromatic N) is 4. The summed E-state index contributed by atoms with van der Waals surface area (Å²) in [4.78, 5) is 36.4. The summed E-state index contributed by atoms with van der Waals surface area (Å²) in [6.07, 6.45) is 3.69. The van der Waals surface area contributed by atoms with E-state index in [1.54, 1.807) is 12.1 Å². The van der Waals surface area contributed by atoms with Crippen LogP contribution in [-0.4, -0.2) is 37.4 Å². The van der Waals surface area contributed by atoms with Crippen molar-refractivity contribution in [1.82, 2.24) is 19.5 Å². The Morgan fingerprint density at radius 3 is 2.62 bits per heavy atom. The average Bonchev–Trinajstić information content (AvgIpc) is 2.62. The fraction of sp³-hybridized carbons (Fsp3) is 0.278. The summed E-state index contributed by atoms with van der Waals surface area (Å²) >= 11 is 0. The van der Waals surface area contributed by atoms with E-state index in [0.29, 0.717) is 16.6 Å².